The monoisotopic (exact) mass is 372 g/mol. The van der Waals surface area contributed by atoms with Crippen LogP contribution in [0.5, 0.6) is 0 Å². The minimum Gasteiger partial charge on any atom is -0.285 e. The summed E-state index contributed by atoms with van der Waals surface area (Å²) in [5.74, 6) is -1.63. The Morgan fingerprint density at radius 2 is 1.39 bits per heavy atom. The van der Waals surface area contributed by atoms with Gasteiger partial charge in [0.05, 0.1) is 17.7 Å². The molecular formula is C22H16N2O4. The van der Waals surface area contributed by atoms with Gasteiger partial charge in [0, 0.05) is 10.6 Å². The number of Topliss-reactive ketones (excluding diaryl/α,β-unsaturated/α-hetero) is 1. The molecule has 0 aromatic heterocycles. The van der Waals surface area contributed by atoms with Crippen LogP contribution >= 0.6 is 0 Å². The van der Waals surface area contributed by atoms with Gasteiger partial charge in [0.2, 0.25) is 0 Å². The molecule has 1 amide bonds. The van der Waals surface area contributed by atoms with Crippen molar-refractivity contribution in [3.8, 4) is 0 Å². The van der Waals surface area contributed by atoms with Crippen molar-refractivity contribution in [2.24, 2.45) is 0 Å². The highest BCUT2D eigenvalue weighted by molar-refractivity contribution is 6.29. The molecule has 0 saturated heterocycles. The highest BCUT2D eigenvalue weighted by atomic mass is 16.6. The van der Waals surface area contributed by atoms with Gasteiger partial charge < -0.3 is 0 Å². The fourth-order valence-electron chi connectivity index (χ4n) is 3.58. The molecule has 3 aromatic rings. The second-order valence-corrected chi connectivity index (χ2v) is 6.60. The summed E-state index contributed by atoms with van der Waals surface area (Å²) in [6.45, 7) is 0. The number of carbonyl (C=O) groups is 2. The van der Waals surface area contributed by atoms with Gasteiger partial charge in [-0.25, -0.2) is 0 Å². The predicted octanol–water partition coefficient (Wildman–Crippen LogP) is 3.81. The maximum absolute atomic E-state index is 13.5. The average molecular weight is 372 g/mol. The van der Waals surface area contributed by atoms with Gasteiger partial charge in [0.15, 0.2) is 0 Å². The minimum absolute atomic E-state index is 0.165. The van der Waals surface area contributed by atoms with E-state index >= 15 is 0 Å². The molecule has 0 spiro atoms. The average Bonchev–Trinajstić information content (AvgIpc) is 2.72. The van der Waals surface area contributed by atoms with Crippen molar-refractivity contribution in [1.82, 2.24) is 0 Å². The second-order valence-electron chi connectivity index (χ2n) is 6.60. The van der Waals surface area contributed by atoms with Crippen molar-refractivity contribution < 1.29 is 14.5 Å². The van der Waals surface area contributed by atoms with E-state index in [1.54, 1.807) is 78.9 Å². The number of hydrogen-bond donors (Lipinski definition) is 0. The first-order valence-corrected chi connectivity index (χ1v) is 8.77. The first kappa shape index (κ1) is 17.6. The third kappa shape index (κ3) is 2.58. The molecule has 1 aliphatic heterocycles. The molecule has 0 N–H and O–H groups in total. The van der Waals surface area contributed by atoms with Gasteiger partial charge in [0.25, 0.3) is 5.78 Å². The molecule has 6 nitrogen and oxygen atoms in total. The number of amides is 1. The van der Waals surface area contributed by atoms with E-state index in [2.05, 4.69) is 0 Å². The largest absolute Gasteiger partial charge is 0.364 e. The molecule has 3 aromatic carbocycles. The van der Waals surface area contributed by atoms with Gasteiger partial charge >= 0.3 is 11.4 Å². The summed E-state index contributed by atoms with van der Waals surface area (Å²) >= 11 is 0. The van der Waals surface area contributed by atoms with Gasteiger partial charge in [-0.05, 0) is 29.8 Å². The third-order valence-corrected chi connectivity index (χ3v) is 4.95. The van der Waals surface area contributed by atoms with Crippen LogP contribution in [0.3, 0.4) is 0 Å². The summed E-state index contributed by atoms with van der Waals surface area (Å²) in [6, 6.07) is 23.8. The fourth-order valence-corrected chi connectivity index (χ4v) is 3.58. The Morgan fingerprint density at radius 3 is 2.04 bits per heavy atom. The third-order valence-electron chi connectivity index (χ3n) is 4.95. The van der Waals surface area contributed by atoms with Crippen LogP contribution in [-0.2, 0) is 11.2 Å². The molecule has 1 unspecified atom stereocenters. The Balaban J connectivity index is 1.96. The number of benzene rings is 3. The van der Waals surface area contributed by atoms with Crippen LogP contribution in [0.2, 0.25) is 0 Å². The van der Waals surface area contributed by atoms with Crippen LogP contribution in [0, 0.1) is 10.1 Å². The van der Waals surface area contributed by atoms with Gasteiger partial charge in [-0.15, -0.1) is 0 Å². The molecule has 1 heterocycles. The lowest BCUT2D eigenvalue weighted by Crippen LogP contribution is -2.62. The summed E-state index contributed by atoms with van der Waals surface area (Å²) in [5.41, 5.74) is -0.862. The number of anilines is 2. The topological polar surface area (TPSA) is 80.5 Å². The summed E-state index contributed by atoms with van der Waals surface area (Å²) < 4.78 is 0. The van der Waals surface area contributed by atoms with E-state index in [-0.39, 0.29) is 12.0 Å². The van der Waals surface area contributed by atoms with E-state index < -0.39 is 22.2 Å². The van der Waals surface area contributed by atoms with Gasteiger partial charge in [0.1, 0.15) is 0 Å². The number of fused-ring (bicyclic) bond motifs is 1. The standard InChI is InChI=1S/C22H16N2O4/c25-20-18-13-7-8-14-19(18)23(17-11-5-2-6-12-17)21(26)22(20,24(27)28)15-16-9-3-1-4-10-16/h1-14H,15H2. The number of para-hydroxylation sites is 2. The lowest BCUT2D eigenvalue weighted by atomic mass is 9.79. The van der Waals surface area contributed by atoms with Crippen molar-refractivity contribution in [3.05, 3.63) is 106 Å². The van der Waals surface area contributed by atoms with Crippen LogP contribution in [0.25, 0.3) is 0 Å². The SMILES string of the molecule is O=C1c2ccccc2N(c2ccccc2)C(=O)C1(Cc1ccccc1)[N+](=O)[O-]. The van der Waals surface area contributed by atoms with Crippen molar-refractivity contribution in [2.45, 2.75) is 12.0 Å². The summed E-state index contributed by atoms with van der Waals surface area (Å²) in [4.78, 5) is 39.6. The van der Waals surface area contributed by atoms with E-state index in [1.807, 2.05) is 0 Å². The lowest BCUT2D eigenvalue weighted by molar-refractivity contribution is -0.532. The van der Waals surface area contributed by atoms with Crippen molar-refractivity contribution in [1.29, 1.82) is 0 Å². The normalized spacial score (nSPS) is 18.6. The number of hydrogen-bond acceptors (Lipinski definition) is 4. The van der Waals surface area contributed by atoms with Crippen LogP contribution < -0.4 is 4.90 Å². The first-order valence-electron chi connectivity index (χ1n) is 8.77. The van der Waals surface area contributed by atoms with E-state index in [9.17, 15) is 19.7 Å². The Labute approximate surface area is 161 Å². The first-order chi connectivity index (χ1) is 13.6. The zero-order chi connectivity index (χ0) is 19.7. The summed E-state index contributed by atoms with van der Waals surface area (Å²) in [5, 5.41) is 12.2. The predicted molar refractivity (Wildman–Crippen MR) is 104 cm³/mol. The number of nitrogens with zero attached hydrogens (tertiary/aromatic N) is 2. The fraction of sp³-hybridized carbons (Fsp3) is 0.0909. The number of nitro groups is 1. The molecule has 1 atom stereocenters. The number of ketones is 1. The van der Waals surface area contributed by atoms with Gasteiger partial charge in [-0.2, -0.15) is 0 Å². The molecule has 0 bridgehead atoms. The summed E-state index contributed by atoms with van der Waals surface area (Å²) in [6.07, 6.45) is -0.309. The maximum Gasteiger partial charge on any atom is 0.364 e. The highest BCUT2D eigenvalue weighted by Gasteiger charge is 2.63. The second kappa shape index (κ2) is 6.74. The van der Waals surface area contributed by atoms with Crippen LogP contribution in [0.15, 0.2) is 84.9 Å². The molecule has 1 aliphatic rings. The Hall–Kier alpha value is -3.80. The zero-order valence-electron chi connectivity index (χ0n) is 14.8. The molecule has 28 heavy (non-hydrogen) atoms. The molecule has 4 rings (SSSR count). The Kier molecular flexibility index (Phi) is 4.24. The van der Waals surface area contributed by atoms with Crippen LogP contribution in [-0.4, -0.2) is 22.2 Å². The van der Waals surface area contributed by atoms with E-state index in [0.29, 0.717) is 16.9 Å². The van der Waals surface area contributed by atoms with Gasteiger partial charge in [-0.3, -0.25) is 24.6 Å². The molecule has 6 heteroatoms. The van der Waals surface area contributed by atoms with E-state index in [0.717, 1.165) is 0 Å². The number of rotatable bonds is 4. The number of carbonyl (C=O) groups excluding carboxylic acids is 2. The van der Waals surface area contributed by atoms with Crippen molar-refractivity contribution >= 4 is 23.1 Å². The molecule has 0 fully saturated rings. The summed E-state index contributed by atoms with van der Waals surface area (Å²) in [7, 11) is 0. The Bertz CT molecular complexity index is 1070. The maximum atomic E-state index is 13.5. The van der Waals surface area contributed by atoms with Crippen molar-refractivity contribution in [3.63, 3.8) is 0 Å². The lowest BCUT2D eigenvalue weighted by Gasteiger charge is -2.36. The smallest absolute Gasteiger partial charge is 0.285 e. The molecule has 0 saturated carbocycles. The molecule has 138 valence electrons. The van der Waals surface area contributed by atoms with Crippen molar-refractivity contribution in [2.75, 3.05) is 4.90 Å². The highest BCUT2D eigenvalue weighted by Crippen LogP contribution is 2.40. The Morgan fingerprint density at radius 1 is 0.821 bits per heavy atom. The van der Waals surface area contributed by atoms with E-state index in [4.69, 9.17) is 0 Å². The van der Waals surface area contributed by atoms with E-state index in [1.165, 1.54) is 11.0 Å². The van der Waals surface area contributed by atoms with Crippen LogP contribution in [0.4, 0.5) is 11.4 Å². The molecule has 0 radical (unpaired) electrons. The molecular weight excluding hydrogens is 356 g/mol. The van der Waals surface area contributed by atoms with Crippen LogP contribution in [0.1, 0.15) is 15.9 Å². The van der Waals surface area contributed by atoms with Gasteiger partial charge in [-0.1, -0.05) is 60.7 Å². The quantitative estimate of drug-likeness (QED) is 0.396. The minimum atomic E-state index is -2.41. The molecule has 0 aliphatic carbocycles. The zero-order valence-corrected chi connectivity index (χ0v) is 14.8.